The maximum absolute atomic E-state index is 11.8. The molecule has 0 aromatic heterocycles. The number of ether oxygens (including phenoxy) is 3. The number of methoxy groups -OCH3 is 1. The first-order valence-corrected chi connectivity index (χ1v) is 7.48. The van der Waals surface area contributed by atoms with Crippen LogP contribution in [0.2, 0.25) is 0 Å². The molecule has 4 nitrogen and oxygen atoms in total. The van der Waals surface area contributed by atoms with E-state index in [1.807, 2.05) is 31.2 Å². The number of hydrogen-bond acceptors (Lipinski definition) is 4. The fraction of sp³-hybridized carbons (Fsp3) is 0.211. The largest absolute Gasteiger partial charge is 0.497 e. The topological polar surface area (TPSA) is 44.8 Å². The number of esters is 1. The third kappa shape index (κ3) is 5.51. The third-order valence-corrected chi connectivity index (χ3v) is 3.04. The average Bonchev–Trinajstić information content (AvgIpc) is 2.60. The lowest BCUT2D eigenvalue weighted by molar-refractivity contribution is -0.128. The third-order valence-electron chi connectivity index (χ3n) is 3.04. The van der Waals surface area contributed by atoms with Gasteiger partial charge in [0.25, 0.3) is 0 Å². The highest BCUT2D eigenvalue weighted by atomic mass is 16.5. The minimum Gasteiger partial charge on any atom is -0.497 e. The van der Waals surface area contributed by atoms with E-state index < -0.39 is 5.97 Å². The molecule has 0 atom stereocenters. The summed E-state index contributed by atoms with van der Waals surface area (Å²) in [6.45, 7) is 2.72. The van der Waals surface area contributed by atoms with Gasteiger partial charge in [-0.15, -0.1) is 0 Å². The zero-order valence-corrected chi connectivity index (χ0v) is 13.3. The Morgan fingerprint density at radius 1 is 0.957 bits per heavy atom. The van der Waals surface area contributed by atoms with Crippen LogP contribution < -0.4 is 14.2 Å². The molecule has 2 aromatic rings. The van der Waals surface area contributed by atoms with Gasteiger partial charge >= 0.3 is 5.97 Å². The lowest BCUT2D eigenvalue weighted by atomic mass is 10.2. The van der Waals surface area contributed by atoms with Crippen LogP contribution in [0.1, 0.15) is 18.9 Å². The van der Waals surface area contributed by atoms with Crippen molar-refractivity contribution in [1.82, 2.24) is 0 Å². The van der Waals surface area contributed by atoms with Crippen LogP contribution in [-0.2, 0) is 4.79 Å². The van der Waals surface area contributed by atoms with Gasteiger partial charge in [0.2, 0.25) is 0 Å². The summed E-state index contributed by atoms with van der Waals surface area (Å²) >= 11 is 0. The van der Waals surface area contributed by atoms with Crippen molar-refractivity contribution in [3.63, 3.8) is 0 Å². The molecular weight excluding hydrogens is 292 g/mol. The molecule has 0 fully saturated rings. The van der Waals surface area contributed by atoms with Crippen molar-refractivity contribution in [2.75, 3.05) is 13.7 Å². The van der Waals surface area contributed by atoms with Crippen molar-refractivity contribution in [3.8, 4) is 17.2 Å². The van der Waals surface area contributed by atoms with E-state index in [9.17, 15) is 4.79 Å². The van der Waals surface area contributed by atoms with Crippen LogP contribution in [0.15, 0.2) is 54.6 Å². The van der Waals surface area contributed by atoms with Crippen LogP contribution in [0.25, 0.3) is 6.08 Å². The van der Waals surface area contributed by atoms with Crippen LogP contribution in [0, 0.1) is 0 Å². The second-order valence-corrected chi connectivity index (χ2v) is 4.85. The zero-order chi connectivity index (χ0) is 16.5. The average molecular weight is 312 g/mol. The summed E-state index contributed by atoms with van der Waals surface area (Å²) in [5.41, 5.74) is 0.895. The first-order chi connectivity index (χ1) is 11.2. The quantitative estimate of drug-likeness (QED) is 0.438. The highest BCUT2D eigenvalue weighted by Gasteiger charge is 2.01. The van der Waals surface area contributed by atoms with E-state index in [1.54, 1.807) is 37.5 Å². The van der Waals surface area contributed by atoms with Crippen molar-refractivity contribution in [2.45, 2.75) is 13.3 Å². The second kappa shape index (κ2) is 8.63. The first kappa shape index (κ1) is 16.6. The second-order valence-electron chi connectivity index (χ2n) is 4.85. The fourth-order valence-electron chi connectivity index (χ4n) is 1.85. The van der Waals surface area contributed by atoms with Crippen LogP contribution in [0.5, 0.6) is 17.2 Å². The van der Waals surface area contributed by atoms with E-state index in [-0.39, 0.29) is 0 Å². The number of carbonyl (C=O) groups is 1. The summed E-state index contributed by atoms with van der Waals surface area (Å²) in [6.07, 6.45) is 4.04. The molecular formula is C19H20O4. The molecule has 0 radical (unpaired) electrons. The van der Waals surface area contributed by atoms with Gasteiger partial charge in [-0.2, -0.15) is 0 Å². The highest BCUT2D eigenvalue weighted by Crippen LogP contribution is 2.18. The van der Waals surface area contributed by atoms with Crippen LogP contribution in [0.3, 0.4) is 0 Å². The zero-order valence-electron chi connectivity index (χ0n) is 13.3. The fourth-order valence-corrected chi connectivity index (χ4v) is 1.85. The van der Waals surface area contributed by atoms with Gasteiger partial charge in [-0.05, 0) is 54.5 Å². The Morgan fingerprint density at radius 3 is 2.17 bits per heavy atom. The van der Waals surface area contributed by atoms with Gasteiger partial charge in [0, 0.05) is 6.08 Å². The molecule has 0 amide bonds. The van der Waals surface area contributed by atoms with E-state index in [1.165, 1.54) is 6.08 Å². The molecule has 2 rings (SSSR count). The standard InChI is InChI=1S/C19H20O4/c1-3-14-22-17-9-11-18(12-10-17)23-19(20)13-6-15-4-7-16(21-2)8-5-15/h4-13H,3,14H2,1-2H3/b13-6+. The molecule has 120 valence electrons. The molecule has 0 spiro atoms. The van der Waals surface area contributed by atoms with Crippen LogP contribution >= 0.6 is 0 Å². The highest BCUT2D eigenvalue weighted by molar-refractivity contribution is 5.88. The molecule has 2 aromatic carbocycles. The summed E-state index contributed by atoms with van der Waals surface area (Å²) < 4.78 is 15.8. The van der Waals surface area contributed by atoms with Crippen molar-refractivity contribution < 1.29 is 19.0 Å². The molecule has 0 aliphatic rings. The predicted molar refractivity (Wildman–Crippen MR) is 89.9 cm³/mol. The minimum atomic E-state index is -0.428. The van der Waals surface area contributed by atoms with Gasteiger partial charge < -0.3 is 14.2 Å². The molecule has 0 heterocycles. The number of rotatable bonds is 7. The SMILES string of the molecule is CCCOc1ccc(OC(=O)/C=C/c2ccc(OC)cc2)cc1. The molecule has 0 N–H and O–H groups in total. The Kier molecular flexibility index (Phi) is 6.24. The summed E-state index contributed by atoms with van der Waals surface area (Å²) in [4.78, 5) is 11.8. The monoisotopic (exact) mass is 312 g/mol. The maximum atomic E-state index is 11.8. The Hall–Kier alpha value is -2.75. The van der Waals surface area contributed by atoms with Crippen molar-refractivity contribution in [2.24, 2.45) is 0 Å². The molecule has 23 heavy (non-hydrogen) atoms. The number of hydrogen-bond donors (Lipinski definition) is 0. The predicted octanol–water partition coefficient (Wildman–Crippen LogP) is 4.10. The number of benzene rings is 2. The van der Waals surface area contributed by atoms with Crippen molar-refractivity contribution in [3.05, 3.63) is 60.2 Å². The molecule has 0 bridgehead atoms. The van der Waals surface area contributed by atoms with Gasteiger partial charge in [-0.25, -0.2) is 4.79 Å². The summed E-state index contributed by atoms with van der Waals surface area (Å²) in [7, 11) is 1.61. The number of carbonyl (C=O) groups excluding carboxylic acids is 1. The van der Waals surface area contributed by atoms with Gasteiger partial charge in [-0.3, -0.25) is 0 Å². The van der Waals surface area contributed by atoms with Gasteiger partial charge in [0.15, 0.2) is 0 Å². The van der Waals surface area contributed by atoms with Gasteiger partial charge in [-0.1, -0.05) is 19.1 Å². The first-order valence-electron chi connectivity index (χ1n) is 7.48. The van der Waals surface area contributed by atoms with E-state index in [2.05, 4.69) is 0 Å². The molecule has 4 heteroatoms. The van der Waals surface area contributed by atoms with Crippen LogP contribution in [0.4, 0.5) is 0 Å². The molecule has 0 aliphatic carbocycles. The van der Waals surface area contributed by atoms with Gasteiger partial charge in [0.05, 0.1) is 13.7 Å². The van der Waals surface area contributed by atoms with Crippen molar-refractivity contribution in [1.29, 1.82) is 0 Å². The summed E-state index contributed by atoms with van der Waals surface area (Å²) in [6, 6.07) is 14.4. The maximum Gasteiger partial charge on any atom is 0.336 e. The minimum absolute atomic E-state index is 0.428. The Bertz CT molecular complexity index is 642. The Balaban J connectivity index is 1.89. The lowest BCUT2D eigenvalue weighted by Gasteiger charge is -2.05. The summed E-state index contributed by atoms with van der Waals surface area (Å²) in [5, 5.41) is 0. The lowest BCUT2D eigenvalue weighted by Crippen LogP contribution is -2.03. The van der Waals surface area contributed by atoms with Crippen molar-refractivity contribution >= 4 is 12.0 Å². The molecule has 0 unspecified atom stereocenters. The van der Waals surface area contributed by atoms with Gasteiger partial charge in [0.1, 0.15) is 17.2 Å². The Labute approximate surface area is 136 Å². The van der Waals surface area contributed by atoms with E-state index in [4.69, 9.17) is 14.2 Å². The molecule has 0 saturated heterocycles. The van der Waals surface area contributed by atoms with E-state index >= 15 is 0 Å². The van der Waals surface area contributed by atoms with Crippen LogP contribution in [-0.4, -0.2) is 19.7 Å². The smallest absolute Gasteiger partial charge is 0.336 e. The van der Waals surface area contributed by atoms with E-state index in [0.29, 0.717) is 12.4 Å². The summed E-state index contributed by atoms with van der Waals surface area (Å²) in [5.74, 6) is 1.59. The van der Waals surface area contributed by atoms with E-state index in [0.717, 1.165) is 23.5 Å². The normalized spacial score (nSPS) is 10.5. The molecule has 0 aliphatic heterocycles. The Morgan fingerprint density at radius 2 is 1.57 bits per heavy atom. The molecule has 0 saturated carbocycles.